The van der Waals surface area contributed by atoms with Crippen LogP contribution in [0.15, 0.2) is 97.1 Å². The molecule has 0 unspecified atom stereocenters. The van der Waals surface area contributed by atoms with Crippen molar-refractivity contribution < 1.29 is 4.79 Å². The van der Waals surface area contributed by atoms with E-state index in [1.165, 1.54) is 35.0 Å². The van der Waals surface area contributed by atoms with Crippen LogP contribution < -0.4 is 0 Å². The van der Waals surface area contributed by atoms with E-state index in [1.54, 1.807) is 0 Å². The predicted octanol–water partition coefficient (Wildman–Crippen LogP) is 6.19. The van der Waals surface area contributed by atoms with Gasteiger partial charge in [-0.1, -0.05) is 84.9 Å². The van der Waals surface area contributed by atoms with Crippen molar-refractivity contribution in [2.75, 3.05) is 0 Å². The van der Waals surface area contributed by atoms with Gasteiger partial charge in [0.05, 0.1) is 6.04 Å². The highest BCUT2D eigenvalue weighted by Crippen LogP contribution is 2.50. The number of ketones is 1. The minimum Gasteiger partial charge on any atom is -0.336 e. The summed E-state index contributed by atoms with van der Waals surface area (Å²) in [5.41, 5.74) is 5.50. The fraction of sp³-hybridized carbons (Fsp3) is 0.207. The molecule has 2 heteroatoms. The second kappa shape index (κ2) is 7.09. The number of nitrogens with zero attached hydrogens (tertiary/aromatic N) is 1. The maximum atomic E-state index is 13.8. The first kappa shape index (κ1) is 18.4. The molecular formula is C29H25NO. The summed E-state index contributed by atoms with van der Waals surface area (Å²) in [4.78, 5) is 13.8. The first-order valence-corrected chi connectivity index (χ1v) is 11.3. The molecule has 0 spiro atoms. The molecule has 0 aliphatic heterocycles. The number of benzene rings is 3. The van der Waals surface area contributed by atoms with E-state index in [0.717, 1.165) is 24.0 Å². The number of para-hydroxylation sites is 1. The standard InChI is InChI=1S/C29H25NO/c31-28-20-19-27(29(28,21-11-3-1-4-12-21)22-13-5-2-6-14-22)30-25-17-9-7-15-23(25)24-16-8-10-18-26(24)30/h1-7,9,11-15,17,19-20,27H,8,10,16,18H2/t27-/m0/s1. The highest BCUT2D eigenvalue weighted by atomic mass is 16.1. The molecule has 0 saturated carbocycles. The van der Waals surface area contributed by atoms with E-state index in [1.807, 2.05) is 42.5 Å². The largest absolute Gasteiger partial charge is 0.336 e. The summed E-state index contributed by atoms with van der Waals surface area (Å²) in [6.45, 7) is 0. The van der Waals surface area contributed by atoms with Gasteiger partial charge in [-0.3, -0.25) is 4.79 Å². The average Bonchev–Trinajstić information content (AvgIpc) is 3.35. The maximum absolute atomic E-state index is 13.8. The van der Waals surface area contributed by atoms with Gasteiger partial charge in [-0.05, 0) is 54.5 Å². The van der Waals surface area contributed by atoms with Gasteiger partial charge in [0, 0.05) is 16.6 Å². The van der Waals surface area contributed by atoms with E-state index in [4.69, 9.17) is 0 Å². The van der Waals surface area contributed by atoms with Gasteiger partial charge < -0.3 is 4.57 Å². The smallest absolute Gasteiger partial charge is 0.172 e. The molecule has 1 heterocycles. The third-order valence-corrected chi connectivity index (χ3v) is 7.22. The van der Waals surface area contributed by atoms with Crippen LogP contribution in [0.2, 0.25) is 0 Å². The van der Waals surface area contributed by atoms with Crippen LogP contribution in [0.3, 0.4) is 0 Å². The van der Waals surface area contributed by atoms with Crippen molar-refractivity contribution in [1.82, 2.24) is 4.57 Å². The highest BCUT2D eigenvalue weighted by Gasteiger charge is 2.51. The lowest BCUT2D eigenvalue weighted by Gasteiger charge is -2.37. The molecule has 3 aromatic carbocycles. The van der Waals surface area contributed by atoms with E-state index in [0.29, 0.717) is 0 Å². The van der Waals surface area contributed by atoms with Gasteiger partial charge in [0.25, 0.3) is 0 Å². The van der Waals surface area contributed by atoms with E-state index in [2.05, 4.69) is 59.2 Å². The lowest BCUT2D eigenvalue weighted by Crippen LogP contribution is -2.41. The van der Waals surface area contributed by atoms with Crippen LogP contribution >= 0.6 is 0 Å². The quantitative estimate of drug-likeness (QED) is 0.400. The molecule has 0 saturated heterocycles. The molecule has 6 rings (SSSR count). The topological polar surface area (TPSA) is 22.0 Å². The van der Waals surface area contributed by atoms with Gasteiger partial charge in [0.1, 0.15) is 5.41 Å². The van der Waals surface area contributed by atoms with Crippen LogP contribution in [0.4, 0.5) is 0 Å². The number of aromatic nitrogens is 1. The van der Waals surface area contributed by atoms with Gasteiger partial charge in [-0.25, -0.2) is 0 Å². The summed E-state index contributed by atoms with van der Waals surface area (Å²) in [6, 6.07) is 29.4. The Bertz CT molecular complexity index is 1260. The summed E-state index contributed by atoms with van der Waals surface area (Å²) in [5, 5.41) is 1.35. The molecule has 4 aromatic rings. The van der Waals surface area contributed by atoms with Crippen molar-refractivity contribution in [2.45, 2.75) is 37.1 Å². The van der Waals surface area contributed by atoms with Crippen LogP contribution in [-0.2, 0) is 23.1 Å². The molecule has 0 amide bonds. The Hall–Kier alpha value is -3.39. The second-order valence-electron chi connectivity index (χ2n) is 8.73. The van der Waals surface area contributed by atoms with Crippen LogP contribution in [0.5, 0.6) is 0 Å². The van der Waals surface area contributed by atoms with Crippen molar-refractivity contribution in [3.8, 4) is 0 Å². The van der Waals surface area contributed by atoms with Crippen molar-refractivity contribution >= 4 is 16.7 Å². The lowest BCUT2D eigenvalue weighted by molar-refractivity contribution is -0.118. The molecule has 2 aliphatic carbocycles. The molecule has 0 N–H and O–H groups in total. The zero-order valence-corrected chi connectivity index (χ0v) is 17.5. The summed E-state index contributed by atoms with van der Waals surface area (Å²) >= 11 is 0. The molecule has 0 fully saturated rings. The van der Waals surface area contributed by atoms with Crippen molar-refractivity contribution in [2.24, 2.45) is 0 Å². The van der Waals surface area contributed by atoms with Gasteiger partial charge >= 0.3 is 0 Å². The number of carbonyl (C=O) groups is 1. The van der Waals surface area contributed by atoms with Gasteiger partial charge in [-0.15, -0.1) is 0 Å². The zero-order valence-electron chi connectivity index (χ0n) is 17.5. The minimum atomic E-state index is -0.754. The van der Waals surface area contributed by atoms with Crippen LogP contribution in [0.25, 0.3) is 10.9 Å². The number of fused-ring (bicyclic) bond motifs is 3. The van der Waals surface area contributed by atoms with E-state index in [9.17, 15) is 4.79 Å². The SMILES string of the molecule is O=C1C=C[C@H](n2c3c(c4ccccc42)CCCC3)C1(c1ccccc1)c1ccccc1. The number of rotatable bonds is 3. The summed E-state index contributed by atoms with van der Waals surface area (Å²) in [6.07, 6.45) is 8.59. The Labute approximate surface area is 182 Å². The predicted molar refractivity (Wildman–Crippen MR) is 125 cm³/mol. The second-order valence-corrected chi connectivity index (χ2v) is 8.73. The Morgan fingerprint density at radius 2 is 1.35 bits per heavy atom. The fourth-order valence-electron chi connectivity index (χ4n) is 5.92. The molecule has 0 radical (unpaired) electrons. The molecule has 152 valence electrons. The zero-order chi connectivity index (χ0) is 20.8. The summed E-state index contributed by atoms with van der Waals surface area (Å²) in [7, 11) is 0. The van der Waals surface area contributed by atoms with Gasteiger partial charge in [0.2, 0.25) is 0 Å². The first-order valence-electron chi connectivity index (χ1n) is 11.3. The molecule has 0 bridgehead atoms. The minimum absolute atomic E-state index is 0.0865. The van der Waals surface area contributed by atoms with Crippen LogP contribution in [-0.4, -0.2) is 10.4 Å². The third-order valence-electron chi connectivity index (χ3n) is 7.22. The number of aryl methyl sites for hydroxylation is 1. The third kappa shape index (κ3) is 2.54. The van der Waals surface area contributed by atoms with Crippen LogP contribution in [0.1, 0.15) is 41.3 Å². The lowest BCUT2D eigenvalue weighted by atomic mass is 9.69. The Morgan fingerprint density at radius 1 is 0.742 bits per heavy atom. The van der Waals surface area contributed by atoms with E-state index >= 15 is 0 Å². The molecule has 2 aliphatic rings. The van der Waals surface area contributed by atoms with Crippen LogP contribution in [0, 0.1) is 0 Å². The first-order chi connectivity index (χ1) is 15.3. The summed E-state index contributed by atoms with van der Waals surface area (Å²) < 4.78 is 2.49. The van der Waals surface area contributed by atoms with Gasteiger partial charge in [-0.2, -0.15) is 0 Å². The Morgan fingerprint density at radius 3 is 2.06 bits per heavy atom. The van der Waals surface area contributed by atoms with Gasteiger partial charge in [0.15, 0.2) is 5.78 Å². The Kier molecular flexibility index (Phi) is 4.21. The summed E-state index contributed by atoms with van der Waals surface area (Å²) in [5.74, 6) is 0.164. The number of carbonyl (C=O) groups excluding carboxylic acids is 1. The number of hydrogen-bond acceptors (Lipinski definition) is 1. The highest BCUT2D eigenvalue weighted by molar-refractivity contribution is 6.05. The monoisotopic (exact) mass is 403 g/mol. The number of allylic oxidation sites excluding steroid dienone is 2. The molecule has 1 aromatic heterocycles. The normalized spacial score (nSPS) is 19.6. The van der Waals surface area contributed by atoms with E-state index in [-0.39, 0.29) is 11.8 Å². The fourth-order valence-corrected chi connectivity index (χ4v) is 5.92. The molecule has 1 atom stereocenters. The number of hydrogen-bond donors (Lipinski definition) is 0. The van der Waals surface area contributed by atoms with Crippen molar-refractivity contribution in [3.63, 3.8) is 0 Å². The average molecular weight is 404 g/mol. The maximum Gasteiger partial charge on any atom is 0.172 e. The van der Waals surface area contributed by atoms with E-state index < -0.39 is 5.41 Å². The molecular weight excluding hydrogens is 378 g/mol. The molecule has 2 nitrogen and oxygen atoms in total. The molecule has 31 heavy (non-hydrogen) atoms. The Balaban J connectivity index is 1.69. The van der Waals surface area contributed by atoms with Crippen molar-refractivity contribution in [3.05, 3.63) is 119 Å². The van der Waals surface area contributed by atoms with Crippen molar-refractivity contribution in [1.29, 1.82) is 0 Å².